The van der Waals surface area contributed by atoms with Gasteiger partial charge in [0.25, 0.3) is 0 Å². The van der Waals surface area contributed by atoms with Gasteiger partial charge in [-0.15, -0.1) is 0 Å². The Kier molecular flexibility index (Phi) is 3.81. The molecule has 4 N–H and O–H groups in total. The van der Waals surface area contributed by atoms with Crippen LogP contribution in [0.5, 0.6) is 0 Å². The van der Waals surface area contributed by atoms with Gasteiger partial charge in [0.2, 0.25) is 0 Å². The summed E-state index contributed by atoms with van der Waals surface area (Å²) in [4.78, 5) is 17.7. The van der Waals surface area contributed by atoms with E-state index in [4.69, 9.17) is 11.5 Å². The van der Waals surface area contributed by atoms with Crippen molar-refractivity contribution in [1.29, 1.82) is 0 Å². The lowest BCUT2D eigenvalue weighted by molar-refractivity contribution is -0.137. The second-order valence-corrected chi connectivity index (χ2v) is 6.99. The zero-order valence-electron chi connectivity index (χ0n) is 13.8. The maximum Gasteiger partial charge on any atom is 0.416 e. The smallest absolute Gasteiger partial charge is 0.383 e. The molecule has 0 amide bonds. The Morgan fingerprint density at radius 3 is 2.50 bits per heavy atom. The maximum atomic E-state index is 13.3. The quantitative estimate of drug-likeness (QED) is 0.854. The summed E-state index contributed by atoms with van der Waals surface area (Å²) in [5.74, 6) is 0.916. The number of hydrogen-bond donors (Lipinski definition) is 2. The third-order valence-electron chi connectivity index (χ3n) is 5.15. The van der Waals surface area contributed by atoms with E-state index in [1.807, 2.05) is 0 Å². The molecule has 1 unspecified atom stereocenters. The fraction of sp³-hybridized carbons (Fsp3) is 0.412. The van der Waals surface area contributed by atoms with Crippen molar-refractivity contribution in [1.82, 2.24) is 14.5 Å². The van der Waals surface area contributed by atoms with Crippen molar-refractivity contribution in [2.45, 2.75) is 18.8 Å². The Bertz CT molecular complexity index is 898. The fourth-order valence-electron chi connectivity index (χ4n) is 3.73. The normalized spacial score (nSPS) is 25.3. The van der Waals surface area contributed by atoms with Crippen LogP contribution >= 0.6 is 0 Å². The number of benzene rings is 1. The number of alkyl halides is 3. The number of likely N-dealkylation sites (tertiary alicyclic amines) is 1. The van der Waals surface area contributed by atoms with Gasteiger partial charge in [0, 0.05) is 31.9 Å². The summed E-state index contributed by atoms with van der Waals surface area (Å²) >= 11 is 0. The first-order valence-corrected chi connectivity index (χ1v) is 8.27. The van der Waals surface area contributed by atoms with E-state index in [1.165, 1.54) is 12.3 Å². The van der Waals surface area contributed by atoms with E-state index in [0.29, 0.717) is 23.9 Å². The van der Waals surface area contributed by atoms with Crippen LogP contribution in [0.4, 0.5) is 19.0 Å². The molecule has 1 aromatic heterocycles. The van der Waals surface area contributed by atoms with Gasteiger partial charge < -0.3 is 11.5 Å². The van der Waals surface area contributed by atoms with Gasteiger partial charge in [-0.25, -0.2) is 4.79 Å². The number of nitrogens with zero attached hydrogens (tertiary/aromatic N) is 3. The summed E-state index contributed by atoms with van der Waals surface area (Å²) in [6.45, 7) is 1.97. The predicted molar refractivity (Wildman–Crippen MR) is 89.5 cm³/mol. The molecule has 0 spiro atoms. The number of piperidine rings is 1. The highest BCUT2D eigenvalue weighted by Crippen LogP contribution is 2.44. The molecule has 138 valence electrons. The zero-order chi connectivity index (χ0) is 18.6. The van der Waals surface area contributed by atoms with Gasteiger partial charge in [0.15, 0.2) is 0 Å². The summed E-state index contributed by atoms with van der Waals surface area (Å²) in [5, 5.41) is 0. The molecule has 3 atom stereocenters. The highest BCUT2D eigenvalue weighted by Gasteiger charge is 2.53. The van der Waals surface area contributed by atoms with Crippen molar-refractivity contribution in [2.24, 2.45) is 17.6 Å². The maximum absolute atomic E-state index is 13.3. The first kappa shape index (κ1) is 17.0. The van der Waals surface area contributed by atoms with Crippen LogP contribution in [-0.4, -0.2) is 33.6 Å². The van der Waals surface area contributed by atoms with Crippen LogP contribution in [0.3, 0.4) is 0 Å². The third kappa shape index (κ3) is 3.08. The Morgan fingerprint density at radius 1 is 1.19 bits per heavy atom. The lowest BCUT2D eigenvalue weighted by Gasteiger charge is -2.20. The first-order valence-electron chi connectivity index (χ1n) is 8.27. The average molecular weight is 365 g/mol. The monoisotopic (exact) mass is 365 g/mol. The van der Waals surface area contributed by atoms with Crippen LogP contribution in [0, 0.1) is 11.8 Å². The number of halogens is 3. The van der Waals surface area contributed by atoms with Crippen LogP contribution in [0.15, 0.2) is 35.3 Å². The van der Waals surface area contributed by atoms with Gasteiger partial charge in [-0.2, -0.15) is 18.2 Å². The van der Waals surface area contributed by atoms with Crippen LogP contribution in [0.25, 0.3) is 5.69 Å². The highest BCUT2D eigenvalue weighted by atomic mass is 19.4. The third-order valence-corrected chi connectivity index (χ3v) is 5.15. The number of rotatable bonds is 3. The molecule has 9 heteroatoms. The van der Waals surface area contributed by atoms with Crippen molar-refractivity contribution in [3.8, 4) is 5.69 Å². The van der Waals surface area contributed by atoms with E-state index in [1.54, 1.807) is 6.07 Å². The molecule has 2 fully saturated rings. The minimum Gasteiger partial charge on any atom is -0.383 e. The zero-order valence-corrected chi connectivity index (χ0v) is 13.8. The van der Waals surface area contributed by atoms with Gasteiger partial charge in [-0.05, 0) is 41.7 Å². The Balaban J connectivity index is 1.68. The Labute approximate surface area is 147 Å². The summed E-state index contributed by atoms with van der Waals surface area (Å²) < 4.78 is 41.0. The molecule has 6 nitrogen and oxygen atoms in total. The number of anilines is 1. The summed E-state index contributed by atoms with van der Waals surface area (Å²) in [6.07, 6.45) is -3.18. The van der Waals surface area contributed by atoms with Crippen LogP contribution < -0.4 is 17.2 Å². The molecule has 2 aromatic rings. The van der Waals surface area contributed by atoms with Gasteiger partial charge >= 0.3 is 11.9 Å². The number of aromatic nitrogens is 2. The first-order chi connectivity index (χ1) is 12.2. The summed E-state index contributed by atoms with van der Waals surface area (Å²) in [7, 11) is 0. The van der Waals surface area contributed by atoms with E-state index < -0.39 is 17.4 Å². The van der Waals surface area contributed by atoms with Crippen LogP contribution in [0.2, 0.25) is 0 Å². The predicted octanol–water partition coefficient (Wildman–Crippen LogP) is 1.22. The van der Waals surface area contributed by atoms with Gasteiger partial charge in [0.05, 0.1) is 11.3 Å². The number of nitrogens with two attached hydrogens (primary N) is 2. The number of hydrogen-bond acceptors (Lipinski definition) is 5. The largest absolute Gasteiger partial charge is 0.416 e. The van der Waals surface area contributed by atoms with E-state index in [-0.39, 0.29) is 17.5 Å². The average Bonchev–Trinajstić information content (AvgIpc) is 2.96. The molecule has 1 saturated carbocycles. The van der Waals surface area contributed by atoms with Crippen molar-refractivity contribution in [3.05, 3.63) is 52.1 Å². The minimum atomic E-state index is -4.51. The minimum absolute atomic E-state index is 0.0195. The van der Waals surface area contributed by atoms with Gasteiger partial charge in [-0.1, -0.05) is 0 Å². The molecule has 4 rings (SSSR count). The highest BCUT2D eigenvalue weighted by molar-refractivity contribution is 5.42. The lowest BCUT2D eigenvalue weighted by Crippen LogP contribution is -2.28. The van der Waals surface area contributed by atoms with Crippen molar-refractivity contribution in [2.75, 3.05) is 18.8 Å². The molecule has 1 aromatic carbocycles. The number of fused-ring (bicyclic) bond motifs is 1. The molecule has 1 aliphatic carbocycles. The Hall–Kier alpha value is -2.39. The molecule has 26 heavy (non-hydrogen) atoms. The summed E-state index contributed by atoms with van der Waals surface area (Å²) in [5.41, 5.74) is 10.5. The second kappa shape index (κ2) is 5.82. The van der Waals surface area contributed by atoms with Gasteiger partial charge in [0.1, 0.15) is 5.82 Å². The molecular formula is C17H18F3N5O. The van der Waals surface area contributed by atoms with E-state index in [9.17, 15) is 18.0 Å². The second-order valence-electron chi connectivity index (χ2n) is 6.99. The van der Waals surface area contributed by atoms with Crippen molar-refractivity contribution >= 4 is 5.82 Å². The SMILES string of the molecule is Nc1ccn(-c2cc(CN3C[C@@H]4C(N)[C@@H]4C3)cc(C(F)(F)F)c2)c(=O)n1. The summed E-state index contributed by atoms with van der Waals surface area (Å²) in [6, 6.07) is 5.25. The van der Waals surface area contributed by atoms with E-state index in [2.05, 4.69) is 9.88 Å². The standard InChI is InChI=1S/C17H18F3N5O/c18-17(19,20)10-3-9(6-24-7-12-13(8-24)15(12)22)4-11(5-10)25-2-1-14(21)23-16(25)26/h1-5,12-13,15H,6-8,22H2,(H2,21,23,26)/t12-,13+,15?. The van der Waals surface area contributed by atoms with Crippen LogP contribution in [0.1, 0.15) is 11.1 Å². The molecule has 0 bridgehead atoms. The lowest BCUT2D eigenvalue weighted by atomic mass is 10.1. The van der Waals surface area contributed by atoms with E-state index >= 15 is 0 Å². The topological polar surface area (TPSA) is 90.2 Å². The Morgan fingerprint density at radius 2 is 1.88 bits per heavy atom. The van der Waals surface area contributed by atoms with Crippen molar-refractivity contribution in [3.63, 3.8) is 0 Å². The van der Waals surface area contributed by atoms with E-state index in [0.717, 1.165) is 29.8 Å². The fourth-order valence-corrected chi connectivity index (χ4v) is 3.73. The number of nitrogen functional groups attached to an aromatic ring is 1. The van der Waals surface area contributed by atoms with Crippen LogP contribution in [-0.2, 0) is 12.7 Å². The molecule has 1 aliphatic heterocycles. The molecule has 2 aliphatic rings. The molecule has 2 heterocycles. The molecule has 1 saturated heterocycles. The molecular weight excluding hydrogens is 347 g/mol. The van der Waals surface area contributed by atoms with Crippen molar-refractivity contribution < 1.29 is 13.2 Å². The molecule has 0 radical (unpaired) electrons. The van der Waals surface area contributed by atoms with Gasteiger partial charge in [-0.3, -0.25) is 9.47 Å².